The summed E-state index contributed by atoms with van der Waals surface area (Å²) in [5, 5.41) is 11.7. The Morgan fingerprint density at radius 1 is 1.00 bits per heavy atom. The van der Waals surface area contributed by atoms with Crippen molar-refractivity contribution in [3.8, 4) is 0 Å². The molecule has 0 spiro atoms. The molecule has 0 N–H and O–H groups in total. The Balaban J connectivity index is 2.21. The number of rotatable bonds is 5. The molecule has 0 aliphatic rings. The van der Waals surface area contributed by atoms with Crippen LogP contribution in [0.3, 0.4) is 0 Å². The molecule has 120 valence electrons. The molecule has 0 heterocycles. The maximum atomic E-state index is 12.2. The van der Waals surface area contributed by atoms with E-state index in [0.29, 0.717) is 5.92 Å². The van der Waals surface area contributed by atoms with E-state index in [2.05, 4.69) is 13.8 Å². The average Bonchev–Trinajstić information content (AvgIpc) is 2.53. The van der Waals surface area contributed by atoms with Gasteiger partial charge in [-0.3, -0.25) is 10.1 Å². The van der Waals surface area contributed by atoms with Crippen molar-refractivity contribution in [2.45, 2.75) is 24.7 Å². The molecule has 0 unspecified atom stereocenters. The summed E-state index contributed by atoms with van der Waals surface area (Å²) in [4.78, 5) is 10.0. The first-order chi connectivity index (χ1) is 10.8. The Kier molecular flexibility index (Phi) is 4.95. The van der Waals surface area contributed by atoms with Crippen LogP contribution in [-0.4, -0.2) is 13.3 Å². The van der Waals surface area contributed by atoms with Gasteiger partial charge in [-0.25, -0.2) is 8.42 Å². The summed E-state index contributed by atoms with van der Waals surface area (Å²) in [6, 6.07) is 12.5. The number of nitro benzene ring substituents is 1. The van der Waals surface area contributed by atoms with E-state index in [1.807, 2.05) is 24.3 Å². The Bertz CT molecular complexity index is 820. The fourth-order valence-corrected chi connectivity index (χ4v) is 3.01. The van der Waals surface area contributed by atoms with E-state index < -0.39 is 14.8 Å². The number of hydrogen-bond donors (Lipinski definition) is 0. The predicted octanol–water partition coefficient (Wildman–Crippen LogP) is 4.16. The van der Waals surface area contributed by atoms with Crippen LogP contribution in [0.5, 0.6) is 0 Å². The predicted molar refractivity (Wildman–Crippen MR) is 89.8 cm³/mol. The minimum Gasteiger partial charge on any atom is -0.258 e. The number of non-ortho nitro benzene ring substituents is 1. The summed E-state index contributed by atoms with van der Waals surface area (Å²) in [6.07, 6.45) is 1.51. The third kappa shape index (κ3) is 4.26. The van der Waals surface area contributed by atoms with E-state index in [9.17, 15) is 18.5 Å². The number of hydrogen-bond acceptors (Lipinski definition) is 4. The van der Waals surface area contributed by atoms with Gasteiger partial charge in [-0.15, -0.1) is 0 Å². The molecule has 0 amide bonds. The van der Waals surface area contributed by atoms with E-state index in [1.54, 1.807) is 0 Å². The van der Waals surface area contributed by atoms with Gasteiger partial charge in [0, 0.05) is 17.5 Å². The Hall–Kier alpha value is -2.47. The lowest BCUT2D eigenvalue weighted by atomic mass is 10.0. The van der Waals surface area contributed by atoms with Crippen molar-refractivity contribution < 1.29 is 13.3 Å². The van der Waals surface area contributed by atoms with E-state index in [0.717, 1.165) is 11.0 Å². The summed E-state index contributed by atoms with van der Waals surface area (Å²) in [7, 11) is -3.63. The van der Waals surface area contributed by atoms with Gasteiger partial charge in [-0.1, -0.05) is 38.1 Å². The summed E-state index contributed by atoms with van der Waals surface area (Å²) in [5.41, 5.74) is 1.82. The highest BCUT2D eigenvalue weighted by Crippen LogP contribution is 2.19. The van der Waals surface area contributed by atoms with Crippen LogP contribution in [0.4, 0.5) is 5.69 Å². The Morgan fingerprint density at radius 2 is 1.57 bits per heavy atom. The monoisotopic (exact) mass is 331 g/mol. The van der Waals surface area contributed by atoms with Crippen molar-refractivity contribution in [1.82, 2.24) is 0 Å². The van der Waals surface area contributed by atoms with Crippen LogP contribution in [-0.2, 0) is 9.84 Å². The number of sulfone groups is 1. The minimum absolute atomic E-state index is 0.0261. The molecule has 2 aromatic carbocycles. The molecule has 0 atom stereocenters. The van der Waals surface area contributed by atoms with Gasteiger partial charge in [0.15, 0.2) is 9.84 Å². The van der Waals surface area contributed by atoms with Gasteiger partial charge in [0.2, 0.25) is 0 Å². The molecule has 0 saturated carbocycles. The SMILES string of the molecule is CC(C)c1ccc(/C=C/S(=O)(=O)c2ccc([N+](=O)[O-])cc2)cc1. The van der Waals surface area contributed by atoms with Crippen LogP contribution in [0.1, 0.15) is 30.9 Å². The lowest BCUT2D eigenvalue weighted by molar-refractivity contribution is -0.384. The van der Waals surface area contributed by atoms with Gasteiger partial charge < -0.3 is 0 Å². The molecule has 0 radical (unpaired) electrons. The van der Waals surface area contributed by atoms with Crippen molar-refractivity contribution in [3.05, 3.63) is 75.2 Å². The van der Waals surface area contributed by atoms with Crippen LogP contribution >= 0.6 is 0 Å². The largest absolute Gasteiger partial charge is 0.269 e. The van der Waals surface area contributed by atoms with Crippen molar-refractivity contribution in [1.29, 1.82) is 0 Å². The maximum Gasteiger partial charge on any atom is 0.269 e. The van der Waals surface area contributed by atoms with Crippen molar-refractivity contribution in [2.24, 2.45) is 0 Å². The van der Waals surface area contributed by atoms with Crippen LogP contribution < -0.4 is 0 Å². The first kappa shape index (κ1) is 16.9. The lowest BCUT2D eigenvalue weighted by Gasteiger charge is -2.04. The molecule has 5 nitrogen and oxygen atoms in total. The normalized spacial score (nSPS) is 12.0. The van der Waals surface area contributed by atoms with Gasteiger partial charge >= 0.3 is 0 Å². The van der Waals surface area contributed by atoms with Gasteiger partial charge in [0.25, 0.3) is 5.69 Å². The number of benzene rings is 2. The molecule has 2 rings (SSSR count). The molecular weight excluding hydrogens is 314 g/mol. The first-order valence-electron chi connectivity index (χ1n) is 7.07. The summed E-state index contributed by atoms with van der Waals surface area (Å²) in [5.74, 6) is 0.414. The molecule has 0 aliphatic carbocycles. The van der Waals surface area contributed by atoms with Crippen molar-refractivity contribution in [2.75, 3.05) is 0 Å². The molecule has 0 saturated heterocycles. The quantitative estimate of drug-likeness (QED) is 0.609. The maximum absolute atomic E-state index is 12.2. The molecule has 0 aromatic heterocycles. The second-order valence-corrected chi connectivity index (χ2v) is 7.25. The minimum atomic E-state index is -3.63. The molecule has 0 fully saturated rings. The molecule has 23 heavy (non-hydrogen) atoms. The zero-order chi connectivity index (χ0) is 17.0. The molecule has 2 aromatic rings. The van der Waals surface area contributed by atoms with Gasteiger partial charge in [-0.05, 0) is 35.3 Å². The zero-order valence-electron chi connectivity index (χ0n) is 12.8. The van der Waals surface area contributed by atoms with Gasteiger partial charge in [0.1, 0.15) is 0 Å². The fourth-order valence-electron chi connectivity index (χ4n) is 2.00. The van der Waals surface area contributed by atoms with E-state index in [-0.39, 0.29) is 10.6 Å². The third-order valence-corrected chi connectivity index (χ3v) is 4.84. The standard InChI is InChI=1S/C17H17NO4S/c1-13(2)15-5-3-14(4-6-15)11-12-23(21,22)17-9-7-16(8-10-17)18(19)20/h3-13H,1-2H3/b12-11+. The van der Waals surface area contributed by atoms with Gasteiger partial charge in [-0.2, -0.15) is 0 Å². The highest BCUT2D eigenvalue weighted by atomic mass is 32.2. The topological polar surface area (TPSA) is 77.3 Å². The van der Waals surface area contributed by atoms with E-state index in [4.69, 9.17) is 0 Å². The molecule has 6 heteroatoms. The number of nitro groups is 1. The van der Waals surface area contributed by atoms with E-state index >= 15 is 0 Å². The second kappa shape index (κ2) is 6.75. The lowest BCUT2D eigenvalue weighted by Crippen LogP contribution is -1.97. The fraction of sp³-hybridized carbons (Fsp3) is 0.176. The third-order valence-electron chi connectivity index (χ3n) is 3.42. The van der Waals surface area contributed by atoms with Crippen LogP contribution in [0.25, 0.3) is 6.08 Å². The average molecular weight is 331 g/mol. The van der Waals surface area contributed by atoms with Crippen LogP contribution in [0, 0.1) is 10.1 Å². The van der Waals surface area contributed by atoms with Crippen molar-refractivity contribution >= 4 is 21.6 Å². The summed E-state index contributed by atoms with van der Waals surface area (Å²) >= 11 is 0. The van der Waals surface area contributed by atoms with E-state index in [1.165, 1.54) is 35.9 Å². The van der Waals surface area contributed by atoms with Gasteiger partial charge in [0.05, 0.1) is 9.82 Å². The van der Waals surface area contributed by atoms with Crippen molar-refractivity contribution in [3.63, 3.8) is 0 Å². The zero-order valence-corrected chi connectivity index (χ0v) is 13.7. The molecule has 0 bridgehead atoms. The van der Waals surface area contributed by atoms with Crippen LogP contribution in [0.15, 0.2) is 58.8 Å². The highest BCUT2D eigenvalue weighted by molar-refractivity contribution is 7.94. The van der Waals surface area contributed by atoms with Crippen LogP contribution in [0.2, 0.25) is 0 Å². The molecular formula is C17H17NO4S. The second-order valence-electron chi connectivity index (χ2n) is 5.42. The molecule has 0 aliphatic heterocycles. The summed E-state index contributed by atoms with van der Waals surface area (Å²) < 4.78 is 24.4. The first-order valence-corrected chi connectivity index (χ1v) is 8.62. The number of nitrogens with zero attached hydrogens (tertiary/aromatic N) is 1. The highest BCUT2D eigenvalue weighted by Gasteiger charge is 2.12. The smallest absolute Gasteiger partial charge is 0.258 e. The Labute approximate surface area is 135 Å². The Morgan fingerprint density at radius 3 is 2.04 bits per heavy atom. The summed E-state index contributed by atoms with van der Waals surface area (Å²) in [6.45, 7) is 4.17.